The van der Waals surface area contributed by atoms with Crippen molar-refractivity contribution in [2.45, 2.75) is 25.3 Å². The summed E-state index contributed by atoms with van der Waals surface area (Å²) in [6, 6.07) is 6.75. The fourth-order valence-electron chi connectivity index (χ4n) is 3.06. The molecule has 7 heteroatoms. The Balaban J connectivity index is 1.38. The summed E-state index contributed by atoms with van der Waals surface area (Å²) in [6.07, 6.45) is 2.30. The maximum Gasteiger partial charge on any atom is 0.229 e. The molecule has 1 saturated heterocycles. The van der Waals surface area contributed by atoms with Crippen LogP contribution in [-0.4, -0.2) is 41.2 Å². The Morgan fingerprint density at radius 1 is 1.25 bits per heavy atom. The van der Waals surface area contributed by atoms with Gasteiger partial charge in [0.15, 0.2) is 5.82 Å². The average molecular weight is 327 g/mol. The zero-order valence-corrected chi connectivity index (χ0v) is 13.3. The maximum atomic E-state index is 13.8. The SMILES string of the molecule is N#Cc1c(F)cccc1N1CCN(Cc2noc(C3CC3)n2)CC1. The summed E-state index contributed by atoms with van der Waals surface area (Å²) in [5.41, 5.74) is 0.797. The van der Waals surface area contributed by atoms with E-state index in [1.807, 2.05) is 6.07 Å². The van der Waals surface area contributed by atoms with E-state index < -0.39 is 5.82 Å². The minimum absolute atomic E-state index is 0.123. The topological polar surface area (TPSA) is 69.2 Å². The van der Waals surface area contributed by atoms with E-state index in [2.05, 4.69) is 19.9 Å². The molecule has 0 radical (unpaired) electrons. The summed E-state index contributed by atoms with van der Waals surface area (Å²) in [7, 11) is 0. The van der Waals surface area contributed by atoms with Crippen LogP contribution in [0.2, 0.25) is 0 Å². The first kappa shape index (κ1) is 15.1. The second-order valence-corrected chi connectivity index (χ2v) is 6.33. The predicted octanol–water partition coefficient (Wildman–Crippen LogP) is 2.28. The Morgan fingerprint density at radius 3 is 2.75 bits per heavy atom. The number of anilines is 1. The summed E-state index contributed by atoms with van der Waals surface area (Å²) in [5, 5.41) is 13.2. The molecule has 2 aliphatic rings. The van der Waals surface area contributed by atoms with E-state index in [0.717, 1.165) is 50.7 Å². The van der Waals surface area contributed by atoms with Gasteiger partial charge in [0, 0.05) is 32.1 Å². The van der Waals surface area contributed by atoms with E-state index in [0.29, 0.717) is 18.2 Å². The highest BCUT2D eigenvalue weighted by Crippen LogP contribution is 2.38. The van der Waals surface area contributed by atoms with Gasteiger partial charge in [-0.25, -0.2) is 4.39 Å². The van der Waals surface area contributed by atoms with Gasteiger partial charge in [0.2, 0.25) is 5.89 Å². The van der Waals surface area contributed by atoms with Gasteiger partial charge in [-0.2, -0.15) is 10.2 Å². The van der Waals surface area contributed by atoms with Crippen LogP contribution in [0.25, 0.3) is 0 Å². The van der Waals surface area contributed by atoms with Gasteiger partial charge in [-0.3, -0.25) is 4.90 Å². The summed E-state index contributed by atoms with van der Waals surface area (Å²) in [4.78, 5) is 8.77. The molecule has 2 fully saturated rings. The Hall–Kier alpha value is -2.46. The van der Waals surface area contributed by atoms with E-state index in [1.165, 1.54) is 6.07 Å². The number of aromatic nitrogens is 2. The molecule has 1 saturated carbocycles. The predicted molar refractivity (Wildman–Crippen MR) is 84.9 cm³/mol. The Kier molecular flexibility index (Phi) is 3.90. The van der Waals surface area contributed by atoms with Gasteiger partial charge in [-0.15, -0.1) is 0 Å². The molecule has 124 valence electrons. The molecule has 1 aromatic heterocycles. The highest BCUT2D eigenvalue weighted by atomic mass is 19.1. The highest BCUT2D eigenvalue weighted by Gasteiger charge is 2.30. The second-order valence-electron chi connectivity index (χ2n) is 6.33. The van der Waals surface area contributed by atoms with Crippen molar-refractivity contribution < 1.29 is 8.91 Å². The van der Waals surface area contributed by atoms with E-state index in [1.54, 1.807) is 12.1 Å². The third-order valence-electron chi connectivity index (χ3n) is 4.59. The van der Waals surface area contributed by atoms with Gasteiger partial charge in [-0.05, 0) is 25.0 Å². The molecule has 6 nitrogen and oxygen atoms in total. The summed E-state index contributed by atoms with van der Waals surface area (Å²) in [5.74, 6) is 1.51. The third-order valence-corrected chi connectivity index (χ3v) is 4.59. The van der Waals surface area contributed by atoms with Crippen molar-refractivity contribution >= 4 is 5.69 Å². The van der Waals surface area contributed by atoms with Crippen LogP contribution < -0.4 is 4.90 Å². The van der Waals surface area contributed by atoms with E-state index in [4.69, 9.17) is 4.52 Å². The van der Waals surface area contributed by atoms with E-state index in [-0.39, 0.29) is 5.56 Å². The standard InChI is InChI=1S/C17H18FN5O/c18-14-2-1-3-15(13(14)10-19)23-8-6-22(7-9-23)11-16-20-17(24-21-16)12-4-5-12/h1-3,12H,4-9,11H2. The van der Waals surface area contributed by atoms with Gasteiger partial charge < -0.3 is 9.42 Å². The summed E-state index contributed by atoms with van der Waals surface area (Å²) < 4.78 is 19.0. The largest absolute Gasteiger partial charge is 0.368 e. The first-order chi connectivity index (χ1) is 11.7. The van der Waals surface area contributed by atoms with Crippen molar-refractivity contribution in [1.29, 1.82) is 5.26 Å². The highest BCUT2D eigenvalue weighted by molar-refractivity contribution is 5.60. The molecule has 24 heavy (non-hydrogen) atoms. The number of nitrogens with zero attached hydrogens (tertiary/aromatic N) is 5. The van der Waals surface area contributed by atoms with Crippen molar-refractivity contribution in [3.8, 4) is 6.07 Å². The van der Waals surface area contributed by atoms with Gasteiger partial charge >= 0.3 is 0 Å². The number of benzene rings is 1. The molecule has 0 amide bonds. The second kappa shape index (κ2) is 6.21. The quantitative estimate of drug-likeness (QED) is 0.858. The number of halogens is 1. The summed E-state index contributed by atoms with van der Waals surface area (Å²) in [6.45, 7) is 3.78. The lowest BCUT2D eigenvalue weighted by Crippen LogP contribution is -2.46. The number of nitriles is 1. The molecule has 2 aromatic rings. The van der Waals surface area contributed by atoms with Gasteiger partial charge in [0.1, 0.15) is 17.4 Å². The molecule has 4 rings (SSSR count). The van der Waals surface area contributed by atoms with Crippen LogP contribution in [0, 0.1) is 17.1 Å². The molecule has 1 aromatic carbocycles. The molecular weight excluding hydrogens is 309 g/mol. The van der Waals surface area contributed by atoms with Crippen molar-refractivity contribution in [3.63, 3.8) is 0 Å². The summed E-state index contributed by atoms with van der Waals surface area (Å²) >= 11 is 0. The number of hydrogen-bond donors (Lipinski definition) is 0. The lowest BCUT2D eigenvalue weighted by molar-refractivity contribution is 0.240. The van der Waals surface area contributed by atoms with Crippen molar-refractivity contribution in [3.05, 3.63) is 41.3 Å². The first-order valence-electron chi connectivity index (χ1n) is 8.23. The minimum Gasteiger partial charge on any atom is -0.368 e. The van der Waals surface area contributed by atoms with Crippen LogP contribution in [0.3, 0.4) is 0 Å². The zero-order chi connectivity index (χ0) is 16.5. The van der Waals surface area contributed by atoms with Crippen LogP contribution in [0.4, 0.5) is 10.1 Å². The lowest BCUT2D eigenvalue weighted by Gasteiger charge is -2.35. The monoisotopic (exact) mass is 327 g/mol. The average Bonchev–Trinajstić information content (AvgIpc) is 3.35. The minimum atomic E-state index is -0.461. The Morgan fingerprint density at radius 2 is 2.04 bits per heavy atom. The molecule has 0 atom stereocenters. The normalized spacial score (nSPS) is 18.6. The lowest BCUT2D eigenvalue weighted by atomic mass is 10.1. The van der Waals surface area contributed by atoms with Crippen LogP contribution >= 0.6 is 0 Å². The van der Waals surface area contributed by atoms with Gasteiger partial charge in [0.25, 0.3) is 0 Å². The smallest absolute Gasteiger partial charge is 0.229 e. The van der Waals surface area contributed by atoms with Crippen LogP contribution in [-0.2, 0) is 6.54 Å². The first-order valence-corrected chi connectivity index (χ1v) is 8.23. The molecule has 0 bridgehead atoms. The maximum absolute atomic E-state index is 13.8. The molecule has 1 aliphatic heterocycles. The molecular formula is C17H18FN5O. The van der Waals surface area contributed by atoms with Gasteiger partial charge in [0.05, 0.1) is 12.2 Å². The fraction of sp³-hybridized carbons (Fsp3) is 0.471. The van der Waals surface area contributed by atoms with Gasteiger partial charge in [-0.1, -0.05) is 11.2 Å². The van der Waals surface area contributed by atoms with Crippen molar-refractivity contribution in [1.82, 2.24) is 15.0 Å². The van der Waals surface area contributed by atoms with Crippen LogP contribution in [0.1, 0.15) is 36.0 Å². The molecule has 1 aliphatic carbocycles. The third kappa shape index (κ3) is 2.97. The molecule has 0 unspecified atom stereocenters. The van der Waals surface area contributed by atoms with Crippen LogP contribution in [0.5, 0.6) is 0 Å². The molecule has 2 heterocycles. The van der Waals surface area contributed by atoms with Crippen LogP contribution in [0.15, 0.2) is 22.7 Å². The number of piperazine rings is 1. The number of hydrogen-bond acceptors (Lipinski definition) is 6. The molecule has 0 N–H and O–H groups in total. The van der Waals surface area contributed by atoms with Crippen molar-refractivity contribution in [2.75, 3.05) is 31.1 Å². The van der Waals surface area contributed by atoms with Crippen molar-refractivity contribution in [2.24, 2.45) is 0 Å². The Labute approximate surface area is 139 Å². The van der Waals surface area contributed by atoms with E-state index >= 15 is 0 Å². The fourth-order valence-corrected chi connectivity index (χ4v) is 3.06. The Bertz CT molecular complexity index is 772. The number of rotatable bonds is 4. The molecule has 0 spiro atoms. The zero-order valence-electron chi connectivity index (χ0n) is 13.3. The van der Waals surface area contributed by atoms with E-state index in [9.17, 15) is 9.65 Å².